The molecular formula is C13H17NO3. The second kappa shape index (κ2) is 5.39. The van der Waals surface area contributed by atoms with Gasteiger partial charge in [-0.15, -0.1) is 0 Å². The van der Waals surface area contributed by atoms with E-state index in [-0.39, 0.29) is 5.75 Å². The highest BCUT2D eigenvalue weighted by Gasteiger charge is 2.12. The number of aromatic nitrogens is 1. The molecule has 4 heteroatoms. The van der Waals surface area contributed by atoms with Crippen molar-refractivity contribution in [3.8, 4) is 5.75 Å². The minimum atomic E-state index is -0.440. The summed E-state index contributed by atoms with van der Waals surface area (Å²) in [5.74, 6) is -0.309. The third-order valence-electron chi connectivity index (χ3n) is 2.40. The fourth-order valence-corrected chi connectivity index (χ4v) is 1.56. The fraction of sp³-hybridized carbons (Fsp3) is 0.308. The predicted molar refractivity (Wildman–Crippen MR) is 67.4 cm³/mol. The number of aryl methyl sites for hydroxylation is 1. The first-order valence-electron chi connectivity index (χ1n) is 5.53. The van der Waals surface area contributed by atoms with E-state index in [4.69, 9.17) is 0 Å². The lowest BCUT2D eigenvalue weighted by molar-refractivity contribution is 0.0595. The number of methoxy groups -OCH3 is 1. The molecule has 4 nitrogen and oxygen atoms in total. The largest absolute Gasteiger partial charge is 0.506 e. The molecule has 1 heterocycles. The van der Waals surface area contributed by atoms with E-state index in [2.05, 4.69) is 9.72 Å². The van der Waals surface area contributed by atoms with Crippen LogP contribution in [0, 0.1) is 6.92 Å². The Morgan fingerprint density at radius 2 is 2.00 bits per heavy atom. The smallest absolute Gasteiger partial charge is 0.354 e. The summed E-state index contributed by atoms with van der Waals surface area (Å²) in [5.41, 5.74) is 1.90. The Labute approximate surface area is 100 Å². The van der Waals surface area contributed by atoms with Crippen molar-refractivity contribution in [3.63, 3.8) is 0 Å². The molecule has 1 aromatic carbocycles. The first kappa shape index (κ1) is 13.1. The number of hydrogen-bond donors (Lipinski definition) is 2. The normalized spacial score (nSPS) is 9.65. The van der Waals surface area contributed by atoms with Crippen LogP contribution in [0.5, 0.6) is 5.75 Å². The number of nitrogens with one attached hydrogen (secondary N) is 1. The highest BCUT2D eigenvalue weighted by atomic mass is 16.5. The maximum atomic E-state index is 11.3. The van der Waals surface area contributed by atoms with Crippen molar-refractivity contribution < 1.29 is 14.6 Å². The molecule has 2 aromatic rings. The summed E-state index contributed by atoms with van der Waals surface area (Å²) in [7, 11) is 1.32. The standard InChI is InChI=1S/C11H11NO3.C2H6/c1-6-3-4-9(13)10-7(6)5-8(12-10)11(14)15-2;1-2/h3-5,12-13H,1-2H3;1-2H3. The molecule has 1 aromatic heterocycles. The van der Waals surface area contributed by atoms with Crippen LogP contribution in [-0.2, 0) is 4.74 Å². The van der Waals surface area contributed by atoms with Gasteiger partial charge in [0.15, 0.2) is 0 Å². The summed E-state index contributed by atoms with van der Waals surface area (Å²) < 4.78 is 4.59. The molecule has 0 aliphatic rings. The SMILES string of the molecule is CC.COC(=O)c1cc2c(C)ccc(O)c2[nH]1. The number of esters is 1. The van der Waals surface area contributed by atoms with Gasteiger partial charge < -0.3 is 14.8 Å². The van der Waals surface area contributed by atoms with E-state index in [1.807, 2.05) is 20.8 Å². The Morgan fingerprint density at radius 1 is 1.35 bits per heavy atom. The van der Waals surface area contributed by atoms with Crippen molar-refractivity contribution in [2.75, 3.05) is 7.11 Å². The minimum Gasteiger partial charge on any atom is -0.506 e. The summed E-state index contributed by atoms with van der Waals surface area (Å²) in [6, 6.07) is 5.07. The van der Waals surface area contributed by atoms with Crippen molar-refractivity contribution >= 4 is 16.9 Å². The van der Waals surface area contributed by atoms with E-state index >= 15 is 0 Å². The molecular weight excluding hydrogens is 218 g/mol. The number of phenolic OH excluding ortho intramolecular Hbond substituents is 1. The predicted octanol–water partition coefficient (Wildman–Crippen LogP) is 2.99. The van der Waals surface area contributed by atoms with Crippen LogP contribution >= 0.6 is 0 Å². The molecule has 0 spiro atoms. The van der Waals surface area contributed by atoms with Gasteiger partial charge in [0, 0.05) is 5.39 Å². The molecule has 0 aliphatic heterocycles. The second-order valence-electron chi connectivity index (χ2n) is 3.36. The molecule has 2 rings (SSSR count). The van der Waals surface area contributed by atoms with Crippen LogP contribution in [0.15, 0.2) is 18.2 Å². The van der Waals surface area contributed by atoms with Gasteiger partial charge in [-0.05, 0) is 24.6 Å². The number of carbonyl (C=O) groups excluding carboxylic acids is 1. The van der Waals surface area contributed by atoms with Crippen LogP contribution in [0.2, 0.25) is 0 Å². The zero-order valence-electron chi connectivity index (χ0n) is 10.5. The van der Waals surface area contributed by atoms with E-state index in [1.54, 1.807) is 18.2 Å². The summed E-state index contributed by atoms with van der Waals surface area (Å²) in [5, 5.41) is 10.4. The Kier molecular flexibility index (Phi) is 4.15. The van der Waals surface area contributed by atoms with Crippen LogP contribution in [0.4, 0.5) is 0 Å². The third-order valence-corrected chi connectivity index (χ3v) is 2.40. The van der Waals surface area contributed by atoms with Crippen LogP contribution in [0.1, 0.15) is 29.9 Å². The molecule has 0 radical (unpaired) electrons. The van der Waals surface area contributed by atoms with Gasteiger partial charge in [0.05, 0.1) is 12.6 Å². The second-order valence-corrected chi connectivity index (χ2v) is 3.36. The number of rotatable bonds is 1. The minimum absolute atomic E-state index is 0.130. The first-order chi connectivity index (χ1) is 8.13. The number of carbonyl (C=O) groups is 1. The number of benzene rings is 1. The third kappa shape index (κ3) is 2.41. The van der Waals surface area contributed by atoms with Gasteiger partial charge >= 0.3 is 5.97 Å². The number of hydrogen-bond acceptors (Lipinski definition) is 3. The van der Waals surface area contributed by atoms with Gasteiger partial charge in [-0.1, -0.05) is 19.9 Å². The van der Waals surface area contributed by atoms with Crippen LogP contribution in [-0.4, -0.2) is 23.2 Å². The maximum absolute atomic E-state index is 11.3. The van der Waals surface area contributed by atoms with Gasteiger partial charge in [-0.2, -0.15) is 0 Å². The van der Waals surface area contributed by atoms with Crippen LogP contribution in [0.3, 0.4) is 0 Å². The maximum Gasteiger partial charge on any atom is 0.354 e. The molecule has 0 bridgehead atoms. The molecule has 2 N–H and O–H groups in total. The summed E-state index contributed by atoms with van der Waals surface area (Å²) in [6.07, 6.45) is 0. The average Bonchev–Trinajstić information content (AvgIpc) is 2.81. The highest BCUT2D eigenvalue weighted by molar-refractivity contribution is 5.97. The van der Waals surface area contributed by atoms with E-state index < -0.39 is 5.97 Å². The van der Waals surface area contributed by atoms with E-state index in [0.29, 0.717) is 11.2 Å². The monoisotopic (exact) mass is 235 g/mol. The molecule has 0 fully saturated rings. The quantitative estimate of drug-likeness (QED) is 0.747. The van der Waals surface area contributed by atoms with Gasteiger partial charge in [0.25, 0.3) is 0 Å². The first-order valence-corrected chi connectivity index (χ1v) is 5.53. The van der Waals surface area contributed by atoms with Gasteiger partial charge in [0.2, 0.25) is 0 Å². The lowest BCUT2D eigenvalue weighted by atomic mass is 10.1. The molecule has 92 valence electrons. The molecule has 0 atom stereocenters. The van der Waals surface area contributed by atoms with Crippen molar-refractivity contribution in [2.24, 2.45) is 0 Å². The molecule has 0 unspecified atom stereocenters. The molecule has 0 saturated carbocycles. The number of phenols is 1. The number of H-pyrrole nitrogens is 1. The number of aromatic amines is 1. The zero-order chi connectivity index (χ0) is 13.0. The van der Waals surface area contributed by atoms with E-state index in [1.165, 1.54) is 7.11 Å². The van der Waals surface area contributed by atoms with E-state index in [0.717, 1.165) is 10.9 Å². The Bertz CT molecular complexity index is 490. The lowest BCUT2D eigenvalue weighted by Gasteiger charge is -1.97. The summed E-state index contributed by atoms with van der Waals surface area (Å²) in [6.45, 7) is 5.91. The number of fused-ring (bicyclic) bond motifs is 1. The lowest BCUT2D eigenvalue weighted by Crippen LogP contribution is -2.00. The van der Waals surface area contributed by atoms with Crippen LogP contribution < -0.4 is 0 Å². The Morgan fingerprint density at radius 3 is 2.53 bits per heavy atom. The van der Waals surface area contributed by atoms with Gasteiger partial charge in [0.1, 0.15) is 11.4 Å². The Balaban J connectivity index is 0.000000686. The van der Waals surface area contributed by atoms with Crippen LogP contribution in [0.25, 0.3) is 10.9 Å². The van der Waals surface area contributed by atoms with Gasteiger partial charge in [-0.3, -0.25) is 0 Å². The van der Waals surface area contributed by atoms with Crippen molar-refractivity contribution in [2.45, 2.75) is 20.8 Å². The van der Waals surface area contributed by atoms with E-state index in [9.17, 15) is 9.90 Å². The molecule has 0 aliphatic carbocycles. The van der Waals surface area contributed by atoms with Crippen molar-refractivity contribution in [1.82, 2.24) is 4.98 Å². The number of aromatic hydroxyl groups is 1. The number of ether oxygens (including phenoxy) is 1. The average molecular weight is 235 g/mol. The van der Waals surface area contributed by atoms with Crippen molar-refractivity contribution in [1.29, 1.82) is 0 Å². The summed E-state index contributed by atoms with van der Waals surface area (Å²) >= 11 is 0. The van der Waals surface area contributed by atoms with Gasteiger partial charge in [-0.25, -0.2) is 4.79 Å². The molecule has 0 amide bonds. The zero-order valence-corrected chi connectivity index (χ0v) is 10.5. The topological polar surface area (TPSA) is 62.3 Å². The highest BCUT2D eigenvalue weighted by Crippen LogP contribution is 2.27. The summed E-state index contributed by atoms with van der Waals surface area (Å²) in [4.78, 5) is 14.1. The molecule has 17 heavy (non-hydrogen) atoms. The Hall–Kier alpha value is -1.97. The molecule has 0 saturated heterocycles. The fourth-order valence-electron chi connectivity index (χ4n) is 1.56. The van der Waals surface area contributed by atoms with Crippen molar-refractivity contribution in [3.05, 3.63) is 29.5 Å².